The van der Waals surface area contributed by atoms with E-state index in [-0.39, 0.29) is 18.1 Å². The van der Waals surface area contributed by atoms with Gasteiger partial charge in [0.25, 0.3) is 11.8 Å². The van der Waals surface area contributed by atoms with Crippen LogP contribution in [0.1, 0.15) is 51.7 Å². The van der Waals surface area contributed by atoms with E-state index in [0.717, 1.165) is 5.56 Å². The Morgan fingerprint density at radius 1 is 1.03 bits per heavy atom. The minimum Gasteiger partial charge on any atom is -0.380 e. The van der Waals surface area contributed by atoms with Gasteiger partial charge in [-0.15, -0.1) is 15.0 Å². The number of nitrogens with two attached hydrogens (primary N) is 1. The lowest BCUT2D eigenvalue weighted by Crippen LogP contribution is -2.24. The molecule has 0 aliphatic rings. The fraction of sp³-hybridized carbons (Fsp3) is 0.200. The molecule has 9 heteroatoms. The van der Waals surface area contributed by atoms with Gasteiger partial charge in [-0.05, 0) is 41.3 Å². The molecule has 0 saturated carbocycles. The molecule has 3 aromatic rings. The molecular formula is C20H22N6O3. The van der Waals surface area contributed by atoms with Crippen molar-refractivity contribution < 1.29 is 14.8 Å². The van der Waals surface area contributed by atoms with Gasteiger partial charge in [0.05, 0.1) is 5.69 Å². The summed E-state index contributed by atoms with van der Waals surface area (Å²) in [5, 5.41) is 19.7. The highest BCUT2D eigenvalue weighted by Crippen LogP contribution is 2.17. The summed E-state index contributed by atoms with van der Waals surface area (Å²) in [4.78, 5) is 25.1. The summed E-state index contributed by atoms with van der Waals surface area (Å²) < 4.78 is 0. The molecule has 3 rings (SSSR count). The number of nitrogens with zero attached hydrogens (tertiary/aromatic N) is 3. The van der Waals surface area contributed by atoms with Gasteiger partial charge in [-0.25, -0.2) is 5.48 Å². The summed E-state index contributed by atoms with van der Waals surface area (Å²) in [7, 11) is 0. The first-order valence-corrected chi connectivity index (χ1v) is 9.03. The van der Waals surface area contributed by atoms with Gasteiger partial charge >= 0.3 is 0 Å². The number of rotatable bonds is 6. The van der Waals surface area contributed by atoms with Crippen molar-refractivity contribution in [1.82, 2.24) is 25.8 Å². The number of amides is 2. The third-order valence-electron chi connectivity index (χ3n) is 4.42. The second-order valence-electron chi connectivity index (χ2n) is 6.79. The molecule has 1 heterocycles. The van der Waals surface area contributed by atoms with Crippen molar-refractivity contribution in [2.24, 2.45) is 0 Å². The lowest BCUT2D eigenvalue weighted by atomic mass is 10.0. The molecule has 29 heavy (non-hydrogen) atoms. The molecule has 150 valence electrons. The molecule has 2 aromatic carbocycles. The number of aromatic nitrogens is 3. The number of hydrogen-bond acceptors (Lipinski definition) is 6. The molecule has 0 atom stereocenters. The molecule has 0 saturated heterocycles. The molecule has 0 aliphatic carbocycles. The second-order valence-corrected chi connectivity index (χ2v) is 6.79. The number of benzene rings is 2. The maximum absolute atomic E-state index is 12.4. The second kappa shape index (κ2) is 8.53. The fourth-order valence-electron chi connectivity index (χ4n) is 2.69. The Labute approximate surface area is 167 Å². The van der Waals surface area contributed by atoms with E-state index in [9.17, 15) is 9.59 Å². The van der Waals surface area contributed by atoms with E-state index in [0.29, 0.717) is 17.2 Å². The van der Waals surface area contributed by atoms with Crippen LogP contribution in [0.5, 0.6) is 0 Å². The van der Waals surface area contributed by atoms with Crippen LogP contribution in [0.2, 0.25) is 0 Å². The average Bonchev–Trinajstić information content (AvgIpc) is 3.13. The summed E-state index contributed by atoms with van der Waals surface area (Å²) in [5.74, 6) is -0.616. The van der Waals surface area contributed by atoms with Gasteiger partial charge in [0.1, 0.15) is 0 Å². The van der Waals surface area contributed by atoms with Crippen molar-refractivity contribution >= 4 is 17.6 Å². The van der Waals surface area contributed by atoms with Crippen LogP contribution >= 0.6 is 0 Å². The van der Waals surface area contributed by atoms with E-state index < -0.39 is 11.8 Å². The molecule has 0 radical (unpaired) electrons. The SMILES string of the molecule is CC(C)c1ccc(-n2nc(N)c(C(=O)NCc3ccc(C(=O)NO)cc3)n2)cc1. The summed E-state index contributed by atoms with van der Waals surface area (Å²) >= 11 is 0. The van der Waals surface area contributed by atoms with Gasteiger partial charge in [0, 0.05) is 12.1 Å². The summed E-state index contributed by atoms with van der Waals surface area (Å²) in [5.41, 5.74) is 10.4. The third kappa shape index (κ3) is 4.58. The highest BCUT2D eigenvalue weighted by Gasteiger charge is 2.17. The maximum Gasteiger partial charge on any atom is 0.275 e. The van der Waals surface area contributed by atoms with Crippen LogP contribution in [0.4, 0.5) is 5.82 Å². The maximum atomic E-state index is 12.4. The summed E-state index contributed by atoms with van der Waals surface area (Å²) in [6.07, 6.45) is 0. The Kier molecular flexibility index (Phi) is 5.89. The zero-order chi connectivity index (χ0) is 21.0. The van der Waals surface area contributed by atoms with Gasteiger partial charge < -0.3 is 11.1 Å². The smallest absolute Gasteiger partial charge is 0.275 e. The number of nitrogen functional groups attached to an aromatic ring is 1. The van der Waals surface area contributed by atoms with Crippen LogP contribution in [0.3, 0.4) is 0 Å². The highest BCUT2D eigenvalue weighted by atomic mass is 16.5. The number of hydrogen-bond donors (Lipinski definition) is 4. The Morgan fingerprint density at radius 2 is 1.69 bits per heavy atom. The number of carbonyl (C=O) groups excluding carboxylic acids is 2. The van der Waals surface area contributed by atoms with Gasteiger partial charge in [0.2, 0.25) is 0 Å². The molecule has 0 fully saturated rings. The molecule has 0 unspecified atom stereocenters. The van der Waals surface area contributed by atoms with Crippen LogP contribution in [0.25, 0.3) is 5.69 Å². The lowest BCUT2D eigenvalue weighted by molar-refractivity contribution is 0.0706. The van der Waals surface area contributed by atoms with Gasteiger partial charge in [-0.3, -0.25) is 14.8 Å². The zero-order valence-corrected chi connectivity index (χ0v) is 16.1. The standard InChI is InChI=1S/C20H22N6O3/c1-12(2)14-7-9-16(10-8-14)26-23-17(18(21)24-26)20(28)22-11-13-3-5-15(6-4-13)19(27)25-29/h3-10,12,29H,11H2,1-2H3,(H2,21,24)(H,22,28)(H,25,27). The van der Waals surface area contributed by atoms with Crippen molar-refractivity contribution in [3.63, 3.8) is 0 Å². The number of nitrogens with one attached hydrogen (secondary N) is 2. The predicted molar refractivity (Wildman–Crippen MR) is 107 cm³/mol. The normalized spacial score (nSPS) is 10.8. The highest BCUT2D eigenvalue weighted by molar-refractivity contribution is 5.96. The molecule has 9 nitrogen and oxygen atoms in total. The van der Waals surface area contributed by atoms with Crippen LogP contribution < -0.4 is 16.5 Å². The first-order valence-electron chi connectivity index (χ1n) is 9.03. The number of carbonyl (C=O) groups is 2. The first-order chi connectivity index (χ1) is 13.9. The van der Waals surface area contributed by atoms with Crippen LogP contribution in [-0.4, -0.2) is 32.0 Å². The van der Waals surface area contributed by atoms with E-state index in [1.807, 2.05) is 24.3 Å². The molecule has 0 spiro atoms. The molecule has 2 amide bonds. The lowest BCUT2D eigenvalue weighted by Gasteiger charge is -2.06. The summed E-state index contributed by atoms with van der Waals surface area (Å²) in [6.45, 7) is 4.43. The topological polar surface area (TPSA) is 135 Å². The van der Waals surface area contributed by atoms with E-state index in [1.54, 1.807) is 29.7 Å². The first kappa shape index (κ1) is 20.0. The molecule has 0 aliphatic heterocycles. The van der Waals surface area contributed by atoms with Crippen LogP contribution in [-0.2, 0) is 6.54 Å². The van der Waals surface area contributed by atoms with Gasteiger partial charge in [-0.2, -0.15) is 0 Å². The summed E-state index contributed by atoms with van der Waals surface area (Å²) in [6, 6.07) is 14.1. The molecule has 5 N–H and O–H groups in total. The van der Waals surface area contributed by atoms with Crippen LogP contribution in [0.15, 0.2) is 48.5 Å². The van der Waals surface area contributed by atoms with E-state index in [4.69, 9.17) is 10.9 Å². The molecule has 1 aromatic heterocycles. The predicted octanol–water partition coefficient (Wildman–Crippen LogP) is 2.02. The van der Waals surface area contributed by atoms with Crippen LogP contribution in [0, 0.1) is 0 Å². The van der Waals surface area contributed by atoms with Gasteiger partial charge in [0.15, 0.2) is 11.5 Å². The van der Waals surface area contributed by atoms with Gasteiger partial charge in [-0.1, -0.05) is 38.1 Å². The quantitative estimate of drug-likeness (QED) is 0.373. The van der Waals surface area contributed by atoms with Crippen molar-refractivity contribution in [2.45, 2.75) is 26.3 Å². The average molecular weight is 394 g/mol. The van der Waals surface area contributed by atoms with Crippen molar-refractivity contribution in [3.05, 3.63) is 70.9 Å². The largest absolute Gasteiger partial charge is 0.380 e. The fourth-order valence-corrected chi connectivity index (χ4v) is 2.69. The van der Waals surface area contributed by atoms with Crippen molar-refractivity contribution in [3.8, 4) is 5.69 Å². The Hall–Kier alpha value is -3.72. The third-order valence-corrected chi connectivity index (χ3v) is 4.42. The van der Waals surface area contributed by atoms with E-state index in [2.05, 4.69) is 29.4 Å². The Bertz CT molecular complexity index is 1010. The monoisotopic (exact) mass is 394 g/mol. The molecular weight excluding hydrogens is 372 g/mol. The van der Waals surface area contributed by atoms with Crippen molar-refractivity contribution in [2.75, 3.05) is 5.73 Å². The Morgan fingerprint density at radius 3 is 2.28 bits per heavy atom. The van der Waals surface area contributed by atoms with E-state index >= 15 is 0 Å². The minimum absolute atomic E-state index is 0.0328. The number of anilines is 1. The van der Waals surface area contributed by atoms with Crippen molar-refractivity contribution in [1.29, 1.82) is 0 Å². The van der Waals surface area contributed by atoms with E-state index in [1.165, 1.54) is 10.4 Å². The zero-order valence-electron chi connectivity index (χ0n) is 16.1. The number of hydroxylamine groups is 1. The minimum atomic E-state index is -0.605. The molecule has 0 bridgehead atoms. The Balaban J connectivity index is 1.67.